The van der Waals surface area contributed by atoms with Crippen LogP contribution in [0.15, 0.2) is 0 Å². The third-order valence-corrected chi connectivity index (χ3v) is 6.38. The van der Waals surface area contributed by atoms with Crippen molar-refractivity contribution < 1.29 is 8.42 Å². The summed E-state index contributed by atoms with van der Waals surface area (Å²) in [6.45, 7) is 6.91. The summed E-state index contributed by atoms with van der Waals surface area (Å²) in [6.07, 6.45) is 0.949. The van der Waals surface area contributed by atoms with E-state index in [1.165, 1.54) is 0 Å². The minimum absolute atomic E-state index is 0.113. The Morgan fingerprint density at radius 2 is 2.07 bits per heavy atom. The van der Waals surface area contributed by atoms with Crippen molar-refractivity contribution in [3.05, 3.63) is 0 Å². The third-order valence-electron chi connectivity index (χ3n) is 2.80. The van der Waals surface area contributed by atoms with Crippen LogP contribution in [0.2, 0.25) is 0 Å². The van der Waals surface area contributed by atoms with Gasteiger partial charge in [0.1, 0.15) is 0 Å². The summed E-state index contributed by atoms with van der Waals surface area (Å²) in [5.74, 6) is 0. The summed E-state index contributed by atoms with van der Waals surface area (Å²) in [5.41, 5.74) is 0.113. The molecule has 1 aliphatic rings. The number of rotatable bonds is 3. The molecule has 0 N–H and O–H groups in total. The van der Waals surface area contributed by atoms with Crippen molar-refractivity contribution in [2.75, 3.05) is 18.4 Å². The Bertz CT molecular complexity index is 302. The molecule has 1 atom stereocenters. The zero-order chi connectivity index (χ0) is 11.0. The number of hydrogen-bond donors (Lipinski definition) is 0. The summed E-state index contributed by atoms with van der Waals surface area (Å²) in [6, 6.07) is 0. The van der Waals surface area contributed by atoms with E-state index < -0.39 is 10.0 Å². The highest BCUT2D eigenvalue weighted by Gasteiger charge is 2.39. The summed E-state index contributed by atoms with van der Waals surface area (Å²) >= 11 is 3.44. The van der Waals surface area contributed by atoms with Gasteiger partial charge in [0.2, 0.25) is 10.0 Å². The molecule has 1 unspecified atom stereocenters. The van der Waals surface area contributed by atoms with Crippen LogP contribution in [0.4, 0.5) is 0 Å². The second-order valence-corrected chi connectivity index (χ2v) is 7.67. The predicted molar refractivity (Wildman–Crippen MR) is 62.1 cm³/mol. The van der Waals surface area contributed by atoms with Gasteiger partial charge in [0.05, 0.1) is 5.25 Å². The van der Waals surface area contributed by atoms with E-state index in [4.69, 9.17) is 0 Å². The molecule has 1 saturated heterocycles. The van der Waals surface area contributed by atoms with E-state index in [0.29, 0.717) is 13.1 Å². The van der Waals surface area contributed by atoms with Gasteiger partial charge in [-0.05, 0) is 25.7 Å². The fourth-order valence-electron chi connectivity index (χ4n) is 1.60. The van der Waals surface area contributed by atoms with E-state index in [0.717, 1.165) is 11.8 Å². The fraction of sp³-hybridized carbons (Fsp3) is 1.00. The molecule has 1 fully saturated rings. The quantitative estimate of drug-likeness (QED) is 0.741. The van der Waals surface area contributed by atoms with Crippen molar-refractivity contribution in [1.82, 2.24) is 4.31 Å². The van der Waals surface area contributed by atoms with Crippen molar-refractivity contribution >= 4 is 26.0 Å². The molecule has 84 valence electrons. The zero-order valence-electron chi connectivity index (χ0n) is 8.96. The van der Waals surface area contributed by atoms with Crippen LogP contribution in [0.25, 0.3) is 0 Å². The van der Waals surface area contributed by atoms with Crippen LogP contribution < -0.4 is 0 Å². The minimum Gasteiger partial charge on any atom is -0.212 e. The summed E-state index contributed by atoms with van der Waals surface area (Å²) in [5, 5.41) is 0.560. The first-order valence-corrected chi connectivity index (χ1v) is 7.49. The first-order chi connectivity index (χ1) is 6.32. The average molecular weight is 284 g/mol. The van der Waals surface area contributed by atoms with Crippen molar-refractivity contribution in [3.8, 4) is 0 Å². The van der Waals surface area contributed by atoms with Crippen LogP contribution in [-0.4, -0.2) is 36.4 Å². The molecule has 1 aliphatic heterocycles. The number of halogens is 1. The van der Waals surface area contributed by atoms with Gasteiger partial charge in [-0.15, -0.1) is 0 Å². The number of nitrogens with zero attached hydrogens (tertiary/aromatic N) is 1. The lowest BCUT2D eigenvalue weighted by Crippen LogP contribution is -2.36. The van der Waals surface area contributed by atoms with E-state index >= 15 is 0 Å². The largest absolute Gasteiger partial charge is 0.216 e. The Balaban J connectivity index is 2.77. The molecule has 0 aromatic rings. The molecule has 3 nitrogen and oxygen atoms in total. The van der Waals surface area contributed by atoms with E-state index in [-0.39, 0.29) is 10.7 Å². The molecule has 0 amide bonds. The van der Waals surface area contributed by atoms with Crippen LogP contribution >= 0.6 is 15.9 Å². The van der Waals surface area contributed by atoms with Crippen LogP contribution in [0.1, 0.15) is 27.2 Å². The SMILES string of the molecule is CC(C)S(=O)(=O)N1CCC(C)(CBr)C1. The number of sulfonamides is 1. The average Bonchev–Trinajstić information content (AvgIpc) is 2.49. The second-order valence-electron chi connectivity index (χ2n) is 4.62. The normalized spacial score (nSPS) is 30.1. The van der Waals surface area contributed by atoms with Crippen molar-refractivity contribution in [2.24, 2.45) is 5.41 Å². The Kier molecular flexibility index (Phi) is 3.65. The highest BCUT2D eigenvalue weighted by molar-refractivity contribution is 9.09. The van der Waals surface area contributed by atoms with Crippen LogP contribution in [0.3, 0.4) is 0 Å². The van der Waals surface area contributed by atoms with Crippen LogP contribution in [-0.2, 0) is 10.0 Å². The zero-order valence-corrected chi connectivity index (χ0v) is 11.4. The molecule has 14 heavy (non-hydrogen) atoms. The van der Waals surface area contributed by atoms with Gasteiger partial charge in [0.25, 0.3) is 0 Å². The lowest BCUT2D eigenvalue weighted by atomic mass is 9.93. The lowest BCUT2D eigenvalue weighted by molar-refractivity contribution is 0.383. The Hall–Kier alpha value is 0.390. The van der Waals surface area contributed by atoms with Gasteiger partial charge in [-0.25, -0.2) is 12.7 Å². The van der Waals surface area contributed by atoms with Gasteiger partial charge >= 0.3 is 0 Å². The Morgan fingerprint density at radius 1 is 1.50 bits per heavy atom. The number of alkyl halides is 1. The Morgan fingerprint density at radius 3 is 2.43 bits per heavy atom. The maximum atomic E-state index is 11.8. The molecule has 0 saturated carbocycles. The molecule has 0 radical (unpaired) electrons. The van der Waals surface area contributed by atoms with Crippen molar-refractivity contribution in [3.63, 3.8) is 0 Å². The van der Waals surface area contributed by atoms with E-state index in [1.807, 2.05) is 0 Å². The Labute approximate surface area is 95.0 Å². The van der Waals surface area contributed by atoms with Crippen LogP contribution in [0.5, 0.6) is 0 Å². The summed E-state index contributed by atoms with van der Waals surface area (Å²) in [4.78, 5) is 0. The first-order valence-electron chi connectivity index (χ1n) is 4.87. The summed E-state index contributed by atoms with van der Waals surface area (Å²) < 4.78 is 25.3. The standard InChI is InChI=1S/C9H18BrNO2S/c1-8(2)14(12,13)11-5-4-9(3,6-10)7-11/h8H,4-7H2,1-3H3. The van der Waals surface area contributed by atoms with Gasteiger partial charge in [-0.1, -0.05) is 22.9 Å². The molecule has 0 aliphatic carbocycles. The first kappa shape index (κ1) is 12.5. The highest BCUT2D eigenvalue weighted by Crippen LogP contribution is 2.33. The monoisotopic (exact) mass is 283 g/mol. The van der Waals surface area contributed by atoms with E-state index in [9.17, 15) is 8.42 Å². The van der Waals surface area contributed by atoms with Crippen molar-refractivity contribution in [2.45, 2.75) is 32.4 Å². The second kappa shape index (κ2) is 4.10. The van der Waals surface area contributed by atoms with E-state index in [2.05, 4.69) is 22.9 Å². The van der Waals surface area contributed by atoms with Gasteiger partial charge in [-0.3, -0.25) is 0 Å². The van der Waals surface area contributed by atoms with Gasteiger partial charge in [-0.2, -0.15) is 0 Å². The molecule has 0 spiro atoms. The molecule has 0 bridgehead atoms. The third kappa shape index (κ3) is 2.31. The maximum Gasteiger partial charge on any atom is 0.216 e. The molecule has 1 rings (SSSR count). The topological polar surface area (TPSA) is 37.4 Å². The van der Waals surface area contributed by atoms with Gasteiger partial charge in [0.15, 0.2) is 0 Å². The molecular formula is C9H18BrNO2S. The minimum atomic E-state index is -3.05. The van der Waals surface area contributed by atoms with Crippen molar-refractivity contribution in [1.29, 1.82) is 0 Å². The lowest BCUT2D eigenvalue weighted by Gasteiger charge is -2.23. The van der Waals surface area contributed by atoms with Gasteiger partial charge < -0.3 is 0 Å². The predicted octanol–water partition coefficient (Wildman–Crippen LogP) is 1.83. The maximum absolute atomic E-state index is 11.8. The molecule has 0 aromatic heterocycles. The highest BCUT2D eigenvalue weighted by atomic mass is 79.9. The van der Waals surface area contributed by atoms with Gasteiger partial charge in [0, 0.05) is 18.4 Å². The van der Waals surface area contributed by atoms with Crippen LogP contribution in [0, 0.1) is 5.41 Å². The fourth-order valence-corrected chi connectivity index (χ4v) is 3.49. The van der Waals surface area contributed by atoms with E-state index in [1.54, 1.807) is 18.2 Å². The molecule has 0 aromatic carbocycles. The smallest absolute Gasteiger partial charge is 0.212 e. The molecule has 1 heterocycles. The molecular weight excluding hydrogens is 266 g/mol. The summed E-state index contributed by atoms with van der Waals surface area (Å²) in [7, 11) is -3.05. The molecule has 5 heteroatoms. The number of hydrogen-bond acceptors (Lipinski definition) is 2.